The number of hydrogen-bond donors (Lipinski definition) is 1. The fourth-order valence-corrected chi connectivity index (χ4v) is 9.41. The Bertz CT molecular complexity index is 1810. The highest BCUT2D eigenvalue weighted by Gasteiger charge is 2.25. The molecule has 0 radical (unpaired) electrons. The number of allylic oxidation sites excluding steroid dienone is 20. The van der Waals surface area contributed by atoms with Crippen LogP contribution >= 0.6 is 0 Å². The first kappa shape index (κ1) is 80.7. The summed E-state index contributed by atoms with van der Waals surface area (Å²) in [6.07, 6.45) is 90.3. The maximum atomic E-state index is 12.9. The first-order valence-electron chi connectivity index (χ1n) is 34.7. The molecule has 0 spiro atoms. The normalized spacial score (nSPS) is 13.5. The molecule has 2 atom stereocenters. The molecule has 486 valence electrons. The fraction of sp³-hybridized carbons (Fsp3) is 0.697. The molecule has 9 nitrogen and oxygen atoms in total. The molecule has 0 aliphatic rings. The number of carboxylic acids is 1. The predicted octanol–water partition coefficient (Wildman–Crippen LogP) is 21.6. The minimum absolute atomic E-state index is 0.182. The van der Waals surface area contributed by atoms with E-state index in [1.54, 1.807) is 0 Å². The molecule has 85 heavy (non-hydrogen) atoms. The van der Waals surface area contributed by atoms with E-state index in [2.05, 4.69) is 135 Å². The molecule has 0 bridgehead atoms. The van der Waals surface area contributed by atoms with Crippen LogP contribution in [0.4, 0.5) is 0 Å². The van der Waals surface area contributed by atoms with Crippen molar-refractivity contribution in [2.45, 2.75) is 296 Å². The molecule has 0 rings (SSSR count). The van der Waals surface area contributed by atoms with Crippen LogP contribution in [-0.4, -0.2) is 87.4 Å². The van der Waals surface area contributed by atoms with E-state index in [9.17, 15) is 19.5 Å². The van der Waals surface area contributed by atoms with Crippen LogP contribution in [0.2, 0.25) is 0 Å². The van der Waals surface area contributed by atoms with Gasteiger partial charge in [0.05, 0.1) is 34.4 Å². The van der Waals surface area contributed by atoms with E-state index in [-0.39, 0.29) is 38.6 Å². The molecule has 0 saturated carbocycles. The van der Waals surface area contributed by atoms with Gasteiger partial charge in [-0.15, -0.1) is 0 Å². The van der Waals surface area contributed by atoms with Crippen molar-refractivity contribution >= 4 is 17.9 Å². The quantitative estimate of drug-likeness (QED) is 0.0211. The number of quaternary nitrogens is 1. The summed E-state index contributed by atoms with van der Waals surface area (Å²) < 4.78 is 22.9. The van der Waals surface area contributed by atoms with Crippen molar-refractivity contribution in [2.24, 2.45) is 0 Å². The number of rotatable bonds is 63. The number of likely N-dealkylation sites (N-methyl/N-ethyl adjacent to an activating group) is 1. The Morgan fingerprint density at radius 3 is 1.00 bits per heavy atom. The van der Waals surface area contributed by atoms with Gasteiger partial charge in [-0.3, -0.25) is 9.59 Å². The Kier molecular flexibility index (Phi) is 62.3. The molecule has 9 heteroatoms. The van der Waals surface area contributed by atoms with Gasteiger partial charge >= 0.3 is 17.9 Å². The molecule has 0 heterocycles. The highest BCUT2D eigenvalue weighted by atomic mass is 16.7. The van der Waals surface area contributed by atoms with Crippen molar-refractivity contribution in [1.29, 1.82) is 0 Å². The summed E-state index contributed by atoms with van der Waals surface area (Å²) in [7, 11) is 5.97. The molecule has 0 aromatic heterocycles. The van der Waals surface area contributed by atoms with Crippen LogP contribution in [0, 0.1) is 0 Å². The summed E-state index contributed by atoms with van der Waals surface area (Å²) in [5.74, 6) is -2.02. The summed E-state index contributed by atoms with van der Waals surface area (Å²) in [5.41, 5.74) is 0. The van der Waals surface area contributed by atoms with Gasteiger partial charge in [-0.1, -0.05) is 283 Å². The second-order valence-corrected chi connectivity index (χ2v) is 24.1. The lowest BCUT2D eigenvalue weighted by atomic mass is 10.0. The van der Waals surface area contributed by atoms with Crippen molar-refractivity contribution in [1.82, 2.24) is 0 Å². The Balaban J connectivity index is 4.05. The average Bonchev–Trinajstić information content (AvgIpc) is 3.49. The van der Waals surface area contributed by atoms with Gasteiger partial charge in [0, 0.05) is 12.8 Å². The van der Waals surface area contributed by atoms with Crippen molar-refractivity contribution in [3.63, 3.8) is 0 Å². The first-order valence-corrected chi connectivity index (χ1v) is 34.7. The van der Waals surface area contributed by atoms with Gasteiger partial charge in [-0.05, 0) is 109 Å². The monoisotopic (exact) mass is 1180 g/mol. The minimum atomic E-state index is -1.52. The predicted molar refractivity (Wildman–Crippen MR) is 364 cm³/mol. The van der Waals surface area contributed by atoms with E-state index in [1.165, 1.54) is 148 Å². The minimum Gasteiger partial charge on any atom is -0.477 e. The molecular weight excluding hydrogens is 1050 g/mol. The Morgan fingerprint density at radius 2 is 0.671 bits per heavy atom. The Morgan fingerprint density at radius 1 is 0.365 bits per heavy atom. The molecule has 0 aromatic rings. The summed E-state index contributed by atoms with van der Waals surface area (Å²) in [5, 5.41) is 9.73. The van der Waals surface area contributed by atoms with Crippen molar-refractivity contribution in [3.05, 3.63) is 122 Å². The third kappa shape index (κ3) is 67.1. The molecule has 1 N–H and O–H groups in total. The summed E-state index contributed by atoms with van der Waals surface area (Å²) in [4.78, 5) is 37.6. The van der Waals surface area contributed by atoms with Crippen molar-refractivity contribution in [2.75, 3.05) is 47.5 Å². The largest absolute Gasteiger partial charge is 0.477 e. The SMILES string of the molecule is CC/C=C\C/C=C\C/C=C\C/C=C\C/C=C\C/C=C\C/C=C\CCCCCCCCCCCCCCCCCCCCCC(=O)OC(COC(=O)CCCCCCCC/C=C\C/C=C\C/C=C\CCCCC)COC(OCC[N+](C)(C)C)C(=O)O. The zero-order valence-corrected chi connectivity index (χ0v) is 55.5. The first-order chi connectivity index (χ1) is 41.6. The van der Waals surface area contributed by atoms with E-state index in [1.807, 2.05) is 21.1 Å². The Hall–Kier alpha value is -4.31. The number of aliphatic carboxylic acids is 1. The van der Waals surface area contributed by atoms with E-state index in [4.69, 9.17) is 18.9 Å². The lowest BCUT2D eigenvalue weighted by molar-refractivity contribution is -0.870. The van der Waals surface area contributed by atoms with Gasteiger partial charge in [-0.2, -0.15) is 0 Å². The molecule has 0 amide bonds. The molecule has 0 saturated heterocycles. The van der Waals surface area contributed by atoms with Crippen LogP contribution < -0.4 is 0 Å². The zero-order valence-electron chi connectivity index (χ0n) is 55.5. The number of carboxylic acid groups (broad SMARTS) is 1. The van der Waals surface area contributed by atoms with Crippen LogP contribution in [0.15, 0.2) is 122 Å². The van der Waals surface area contributed by atoms with Crippen LogP contribution in [0.5, 0.6) is 0 Å². The van der Waals surface area contributed by atoms with Crippen LogP contribution in [0.1, 0.15) is 284 Å². The summed E-state index contributed by atoms with van der Waals surface area (Å²) in [6.45, 7) is 4.73. The van der Waals surface area contributed by atoms with Gasteiger partial charge < -0.3 is 28.5 Å². The van der Waals surface area contributed by atoms with Gasteiger partial charge in [0.1, 0.15) is 13.2 Å². The second-order valence-electron chi connectivity index (χ2n) is 24.1. The smallest absolute Gasteiger partial charge is 0.361 e. The number of esters is 2. The molecule has 0 aliphatic carbocycles. The highest BCUT2D eigenvalue weighted by Crippen LogP contribution is 2.17. The number of hydrogen-bond acceptors (Lipinski definition) is 7. The molecular formula is C76H130NO8+. The lowest BCUT2D eigenvalue weighted by Crippen LogP contribution is -2.40. The van der Waals surface area contributed by atoms with Crippen LogP contribution in [-0.2, 0) is 33.3 Å². The van der Waals surface area contributed by atoms with Crippen LogP contribution in [0.3, 0.4) is 0 Å². The summed E-state index contributed by atoms with van der Waals surface area (Å²) >= 11 is 0. The highest BCUT2D eigenvalue weighted by molar-refractivity contribution is 5.71. The molecule has 0 aliphatic heterocycles. The van der Waals surface area contributed by atoms with Crippen molar-refractivity contribution < 1.29 is 42.9 Å². The topological polar surface area (TPSA) is 108 Å². The average molecular weight is 1190 g/mol. The maximum Gasteiger partial charge on any atom is 0.361 e. The molecule has 0 fully saturated rings. The third-order valence-electron chi connectivity index (χ3n) is 14.7. The van der Waals surface area contributed by atoms with E-state index >= 15 is 0 Å². The number of carbonyl (C=O) groups is 3. The number of nitrogens with zero attached hydrogens (tertiary/aromatic N) is 1. The van der Waals surface area contributed by atoms with E-state index in [0.29, 0.717) is 11.0 Å². The zero-order chi connectivity index (χ0) is 61.9. The third-order valence-corrected chi connectivity index (χ3v) is 14.7. The van der Waals surface area contributed by atoms with Gasteiger partial charge in [0.15, 0.2) is 6.10 Å². The summed E-state index contributed by atoms with van der Waals surface area (Å²) in [6, 6.07) is 0. The van der Waals surface area contributed by atoms with Gasteiger partial charge in [0.2, 0.25) is 0 Å². The standard InChI is InChI=1S/C76H129NO8/c1-6-8-10-12-14-16-18-20-22-24-26-27-28-29-30-31-32-33-34-35-36-37-38-39-40-41-42-43-44-45-46-47-49-51-53-55-57-59-61-63-65-67-74(79)85-72(71-84-76(75(80)81)82-69-68-77(3,4)5)70-83-73(78)66-64-62-60-58-56-54-52-50-48-25-23-21-19-17-15-13-11-9-7-2/h8,10,14-17,20-23,26-27,29-30,32-33,35-36,48,50,72,76H,6-7,9,11-13,18-19,24-25,28,31,34,37-47,49,51-71H2,1-5H3/p+1/b10-8-,16-14-,17-15-,22-20-,23-21-,27-26-,30-29-,33-32-,36-35-,50-48-. The lowest BCUT2D eigenvalue weighted by Gasteiger charge is -2.25. The van der Waals surface area contributed by atoms with E-state index in [0.717, 1.165) is 109 Å². The number of carbonyl (C=O) groups excluding carboxylic acids is 2. The van der Waals surface area contributed by atoms with E-state index < -0.39 is 24.3 Å². The fourth-order valence-electron chi connectivity index (χ4n) is 9.41. The number of unbranched alkanes of at least 4 members (excludes halogenated alkanes) is 28. The second kappa shape index (κ2) is 65.7. The Labute approximate surface area is 523 Å². The molecule has 2 unspecified atom stereocenters. The van der Waals surface area contributed by atoms with Gasteiger partial charge in [0.25, 0.3) is 6.29 Å². The molecule has 0 aromatic carbocycles. The van der Waals surface area contributed by atoms with Crippen LogP contribution in [0.25, 0.3) is 0 Å². The van der Waals surface area contributed by atoms with Gasteiger partial charge in [-0.25, -0.2) is 4.79 Å². The maximum absolute atomic E-state index is 12.9. The number of ether oxygens (including phenoxy) is 4. The van der Waals surface area contributed by atoms with Crippen molar-refractivity contribution in [3.8, 4) is 0 Å².